The summed E-state index contributed by atoms with van der Waals surface area (Å²) in [6.07, 6.45) is 1.20. The first-order valence-corrected chi connectivity index (χ1v) is 11.6. The van der Waals surface area contributed by atoms with Gasteiger partial charge in [0.05, 0.1) is 22.8 Å². The van der Waals surface area contributed by atoms with Crippen LogP contribution in [0.4, 0.5) is 5.82 Å². The molecular formula is C17H23ClN4O3S2. The molecule has 148 valence electrons. The monoisotopic (exact) mass is 430 g/mol. The lowest BCUT2D eigenvalue weighted by Crippen LogP contribution is -2.48. The lowest BCUT2D eigenvalue weighted by Gasteiger charge is -2.36. The highest BCUT2D eigenvalue weighted by Crippen LogP contribution is 2.31. The summed E-state index contributed by atoms with van der Waals surface area (Å²) in [6, 6.07) is 5.60. The summed E-state index contributed by atoms with van der Waals surface area (Å²) in [5.74, 6) is 0.470. The summed E-state index contributed by atoms with van der Waals surface area (Å²) >= 11 is 7.45. The molecule has 0 spiro atoms. The first-order chi connectivity index (χ1) is 12.4. The van der Waals surface area contributed by atoms with Gasteiger partial charge in [-0.1, -0.05) is 32.4 Å². The Kier molecular flexibility index (Phi) is 5.42. The van der Waals surface area contributed by atoms with Crippen molar-refractivity contribution in [3.8, 4) is 0 Å². The van der Waals surface area contributed by atoms with Gasteiger partial charge in [-0.3, -0.25) is 4.79 Å². The lowest BCUT2D eigenvalue weighted by atomic mass is 9.96. The molecule has 0 aromatic carbocycles. The zero-order valence-corrected chi connectivity index (χ0v) is 18.1. The number of hydrogen-bond acceptors (Lipinski definition) is 6. The van der Waals surface area contributed by atoms with E-state index in [0.29, 0.717) is 29.8 Å². The van der Waals surface area contributed by atoms with Gasteiger partial charge in [-0.2, -0.15) is 9.78 Å². The highest BCUT2D eigenvalue weighted by Gasteiger charge is 2.37. The third-order valence-electron chi connectivity index (χ3n) is 4.37. The Morgan fingerprint density at radius 1 is 1.37 bits per heavy atom. The largest absolute Gasteiger partial charge is 0.365 e. The van der Waals surface area contributed by atoms with Crippen molar-refractivity contribution in [2.75, 3.05) is 24.7 Å². The number of halogens is 1. The average Bonchev–Trinajstić information content (AvgIpc) is 3.06. The predicted molar refractivity (Wildman–Crippen MR) is 108 cm³/mol. The van der Waals surface area contributed by atoms with Crippen molar-refractivity contribution in [2.24, 2.45) is 5.41 Å². The standard InChI is InChI=1S/C17H23ClN4O3S2/c1-17(2,3)16(23)22-15(19-8-12-5-6-14(18)26-12)7-13(20-22)11-9-21(10-11)27(4,24)25/h5-7,11,19H,8-10H2,1-4H3. The topological polar surface area (TPSA) is 84.3 Å². The summed E-state index contributed by atoms with van der Waals surface area (Å²) in [5, 5.41) is 7.75. The van der Waals surface area contributed by atoms with Crippen LogP contribution in [0.5, 0.6) is 0 Å². The van der Waals surface area contributed by atoms with E-state index in [0.717, 1.165) is 10.6 Å². The van der Waals surface area contributed by atoms with Crippen molar-refractivity contribution < 1.29 is 13.2 Å². The second-order valence-corrected chi connectivity index (χ2v) is 11.5. The van der Waals surface area contributed by atoms with Gasteiger partial charge in [-0.25, -0.2) is 12.7 Å². The van der Waals surface area contributed by atoms with Crippen LogP contribution in [0.15, 0.2) is 18.2 Å². The third-order valence-corrected chi connectivity index (χ3v) is 6.84. The number of thiophene rings is 1. The molecule has 2 aromatic rings. The summed E-state index contributed by atoms with van der Waals surface area (Å²) in [7, 11) is -3.19. The summed E-state index contributed by atoms with van der Waals surface area (Å²) in [5.41, 5.74) is 0.129. The normalized spacial score (nSPS) is 16.3. The molecule has 27 heavy (non-hydrogen) atoms. The zero-order chi connectivity index (χ0) is 20.0. The molecule has 1 N–H and O–H groups in total. The smallest absolute Gasteiger partial charge is 0.254 e. The van der Waals surface area contributed by atoms with Gasteiger partial charge in [0.2, 0.25) is 10.0 Å². The van der Waals surface area contributed by atoms with Gasteiger partial charge in [0.25, 0.3) is 5.91 Å². The highest BCUT2D eigenvalue weighted by atomic mass is 35.5. The second kappa shape index (κ2) is 7.20. The minimum atomic E-state index is -3.19. The first kappa shape index (κ1) is 20.3. The number of carbonyl (C=O) groups excluding carboxylic acids is 1. The first-order valence-electron chi connectivity index (χ1n) is 8.53. The maximum absolute atomic E-state index is 12.8. The van der Waals surface area contributed by atoms with Gasteiger partial charge in [0.15, 0.2) is 0 Å². The second-order valence-electron chi connectivity index (χ2n) is 7.76. The van der Waals surface area contributed by atoms with Crippen molar-refractivity contribution in [3.05, 3.63) is 33.1 Å². The van der Waals surface area contributed by atoms with Gasteiger partial charge < -0.3 is 5.32 Å². The molecular weight excluding hydrogens is 408 g/mol. The van der Waals surface area contributed by atoms with Crippen molar-refractivity contribution in [3.63, 3.8) is 0 Å². The molecule has 1 aliphatic heterocycles. The number of rotatable bonds is 5. The van der Waals surface area contributed by atoms with E-state index < -0.39 is 15.4 Å². The highest BCUT2D eigenvalue weighted by molar-refractivity contribution is 7.88. The van der Waals surface area contributed by atoms with E-state index in [1.807, 2.05) is 39.0 Å². The number of hydrogen-bond donors (Lipinski definition) is 1. The minimum absolute atomic E-state index is 0.00882. The average molecular weight is 431 g/mol. The van der Waals surface area contributed by atoms with Gasteiger partial charge in [0.1, 0.15) is 5.82 Å². The van der Waals surface area contributed by atoms with Crippen LogP contribution in [0.2, 0.25) is 4.34 Å². The summed E-state index contributed by atoms with van der Waals surface area (Å²) in [6.45, 7) is 6.83. The molecule has 10 heteroatoms. The molecule has 7 nitrogen and oxygen atoms in total. The molecule has 3 rings (SSSR count). The van der Waals surface area contributed by atoms with Crippen LogP contribution in [-0.4, -0.2) is 47.8 Å². The molecule has 1 aliphatic rings. The van der Waals surface area contributed by atoms with E-state index in [2.05, 4.69) is 10.4 Å². The predicted octanol–water partition coefficient (Wildman–Crippen LogP) is 3.26. The van der Waals surface area contributed by atoms with Gasteiger partial charge >= 0.3 is 0 Å². The van der Waals surface area contributed by atoms with Crippen LogP contribution in [-0.2, 0) is 16.6 Å². The zero-order valence-electron chi connectivity index (χ0n) is 15.7. The van der Waals surface area contributed by atoms with Gasteiger partial charge in [-0.05, 0) is 12.1 Å². The van der Waals surface area contributed by atoms with E-state index >= 15 is 0 Å². The minimum Gasteiger partial charge on any atom is -0.365 e. The molecule has 1 fully saturated rings. The fourth-order valence-corrected chi connectivity index (χ4v) is 4.65. The lowest BCUT2D eigenvalue weighted by molar-refractivity contribution is 0.0750. The Morgan fingerprint density at radius 2 is 2.04 bits per heavy atom. The van der Waals surface area contributed by atoms with Crippen LogP contribution in [0.1, 0.15) is 42.1 Å². The molecule has 3 heterocycles. The SMILES string of the molecule is CC(C)(C)C(=O)n1nc(C2CN(S(C)(=O)=O)C2)cc1NCc1ccc(Cl)s1. The van der Waals surface area contributed by atoms with Crippen molar-refractivity contribution in [1.82, 2.24) is 14.1 Å². The summed E-state index contributed by atoms with van der Waals surface area (Å²) < 4.78 is 26.7. The number of nitrogens with one attached hydrogen (secondary N) is 1. The molecule has 0 bridgehead atoms. The van der Waals surface area contributed by atoms with Crippen LogP contribution >= 0.6 is 22.9 Å². The van der Waals surface area contributed by atoms with E-state index in [1.165, 1.54) is 26.6 Å². The van der Waals surface area contributed by atoms with Crippen LogP contribution in [0.25, 0.3) is 0 Å². The fourth-order valence-electron chi connectivity index (χ4n) is 2.72. The van der Waals surface area contributed by atoms with E-state index in [-0.39, 0.29) is 11.8 Å². The number of nitrogens with zero attached hydrogens (tertiary/aromatic N) is 3. The molecule has 0 atom stereocenters. The van der Waals surface area contributed by atoms with Crippen LogP contribution in [0.3, 0.4) is 0 Å². The number of aromatic nitrogens is 2. The number of anilines is 1. The van der Waals surface area contributed by atoms with Crippen LogP contribution < -0.4 is 5.32 Å². The van der Waals surface area contributed by atoms with E-state index in [1.54, 1.807) is 0 Å². The molecule has 0 unspecified atom stereocenters. The quantitative estimate of drug-likeness (QED) is 0.786. The Hall–Kier alpha value is -1.42. The molecule has 2 aromatic heterocycles. The Bertz CT molecular complexity index is 953. The van der Waals surface area contributed by atoms with Crippen molar-refractivity contribution in [2.45, 2.75) is 33.2 Å². The molecule has 0 amide bonds. The van der Waals surface area contributed by atoms with E-state index in [4.69, 9.17) is 11.6 Å². The molecule has 0 aliphatic carbocycles. The maximum Gasteiger partial charge on any atom is 0.254 e. The maximum atomic E-state index is 12.8. The number of carbonyl (C=O) groups is 1. The Balaban J connectivity index is 1.82. The van der Waals surface area contributed by atoms with Gasteiger partial charge in [-0.15, -0.1) is 11.3 Å². The fraction of sp³-hybridized carbons (Fsp3) is 0.529. The molecule has 0 radical (unpaired) electrons. The third kappa shape index (κ3) is 4.53. The summed E-state index contributed by atoms with van der Waals surface area (Å²) in [4.78, 5) is 13.8. The van der Waals surface area contributed by atoms with Gasteiger partial charge in [0, 0.05) is 35.4 Å². The molecule has 0 saturated carbocycles. The molecule has 1 saturated heterocycles. The Labute approximate surface area is 168 Å². The van der Waals surface area contributed by atoms with E-state index in [9.17, 15) is 13.2 Å². The number of sulfonamides is 1. The van der Waals surface area contributed by atoms with Crippen LogP contribution in [0, 0.1) is 5.41 Å². The van der Waals surface area contributed by atoms with Crippen molar-refractivity contribution in [1.29, 1.82) is 0 Å². The van der Waals surface area contributed by atoms with Crippen molar-refractivity contribution >= 4 is 44.7 Å². The Morgan fingerprint density at radius 3 is 2.56 bits per heavy atom.